The molecule has 3 rings (SSSR count). The first-order valence-electron chi connectivity index (χ1n) is 5.69. The number of hydrogen-bond donors (Lipinski definition) is 0. The number of carbonyl (C=O) groups is 1. The van der Waals surface area contributed by atoms with Gasteiger partial charge in [-0.25, -0.2) is 0 Å². The number of benzene rings is 1. The summed E-state index contributed by atoms with van der Waals surface area (Å²) in [6, 6.07) is 9.77. The summed E-state index contributed by atoms with van der Waals surface area (Å²) < 4.78 is 10.6. The average Bonchev–Trinajstić information content (AvgIpc) is 2.94. The minimum Gasteiger partial charge on any atom is -0.461 e. The lowest BCUT2D eigenvalue weighted by molar-refractivity contribution is -0.150. The van der Waals surface area contributed by atoms with E-state index in [1.54, 1.807) is 0 Å². The van der Waals surface area contributed by atoms with Gasteiger partial charge in [-0.15, -0.1) is 0 Å². The zero-order valence-electron chi connectivity index (χ0n) is 8.96. The Morgan fingerprint density at radius 3 is 2.62 bits per heavy atom. The van der Waals surface area contributed by atoms with E-state index in [0.29, 0.717) is 18.8 Å². The molecule has 2 aliphatic rings. The van der Waals surface area contributed by atoms with Crippen molar-refractivity contribution in [3.8, 4) is 0 Å². The Morgan fingerprint density at radius 1 is 1.25 bits per heavy atom. The summed E-state index contributed by atoms with van der Waals surface area (Å²) >= 11 is 0. The zero-order valence-corrected chi connectivity index (χ0v) is 8.96. The monoisotopic (exact) mass is 218 g/mol. The molecule has 1 aromatic rings. The van der Waals surface area contributed by atoms with E-state index in [2.05, 4.69) is 0 Å². The number of esters is 1. The maximum atomic E-state index is 11.7. The molecular formula is C13H14O3. The van der Waals surface area contributed by atoms with E-state index < -0.39 is 0 Å². The van der Waals surface area contributed by atoms with Gasteiger partial charge in [-0.2, -0.15) is 0 Å². The van der Waals surface area contributed by atoms with Crippen molar-refractivity contribution in [3.05, 3.63) is 35.9 Å². The fourth-order valence-corrected chi connectivity index (χ4v) is 2.29. The number of carbonyl (C=O) groups excluding carboxylic acids is 1. The number of rotatable bonds is 3. The molecule has 0 N–H and O–H groups in total. The van der Waals surface area contributed by atoms with Gasteiger partial charge in [0.05, 0.1) is 18.1 Å². The van der Waals surface area contributed by atoms with Gasteiger partial charge in [0, 0.05) is 0 Å². The van der Waals surface area contributed by atoms with E-state index in [-0.39, 0.29) is 11.9 Å². The van der Waals surface area contributed by atoms with Gasteiger partial charge in [-0.1, -0.05) is 30.3 Å². The lowest BCUT2D eigenvalue weighted by atomic mass is 10.1. The molecule has 0 spiro atoms. The van der Waals surface area contributed by atoms with Gasteiger partial charge in [0.1, 0.15) is 6.61 Å². The van der Waals surface area contributed by atoms with Gasteiger partial charge in [0.25, 0.3) is 0 Å². The van der Waals surface area contributed by atoms with Crippen molar-refractivity contribution in [3.63, 3.8) is 0 Å². The van der Waals surface area contributed by atoms with Crippen molar-refractivity contribution in [1.82, 2.24) is 0 Å². The second kappa shape index (κ2) is 3.91. The SMILES string of the molecule is O=C(OCc1ccccc1)C1CC2OC2C1. The molecule has 2 unspecified atom stereocenters. The van der Waals surface area contributed by atoms with Crippen LogP contribution in [0.5, 0.6) is 0 Å². The summed E-state index contributed by atoms with van der Waals surface area (Å²) in [4.78, 5) is 11.7. The molecule has 1 saturated carbocycles. The van der Waals surface area contributed by atoms with Crippen LogP contribution in [0.15, 0.2) is 30.3 Å². The quantitative estimate of drug-likeness (QED) is 0.574. The summed E-state index contributed by atoms with van der Waals surface area (Å²) in [6.07, 6.45) is 2.37. The maximum Gasteiger partial charge on any atom is 0.309 e. The molecule has 16 heavy (non-hydrogen) atoms. The zero-order chi connectivity index (χ0) is 11.0. The van der Waals surface area contributed by atoms with Crippen LogP contribution < -0.4 is 0 Å². The highest BCUT2D eigenvalue weighted by molar-refractivity contribution is 5.73. The van der Waals surface area contributed by atoms with Crippen LogP contribution in [0.1, 0.15) is 18.4 Å². The van der Waals surface area contributed by atoms with Crippen LogP contribution in [0, 0.1) is 5.92 Å². The van der Waals surface area contributed by atoms with E-state index >= 15 is 0 Å². The van der Waals surface area contributed by atoms with Crippen LogP contribution in [-0.4, -0.2) is 18.2 Å². The van der Waals surface area contributed by atoms with Crippen LogP contribution in [0.3, 0.4) is 0 Å². The van der Waals surface area contributed by atoms with Gasteiger partial charge >= 0.3 is 5.97 Å². The van der Waals surface area contributed by atoms with E-state index in [4.69, 9.17) is 9.47 Å². The smallest absolute Gasteiger partial charge is 0.309 e. The fraction of sp³-hybridized carbons (Fsp3) is 0.462. The molecule has 0 amide bonds. The van der Waals surface area contributed by atoms with E-state index in [9.17, 15) is 4.79 Å². The Labute approximate surface area is 94.4 Å². The predicted octanol–water partition coefficient (Wildman–Crippen LogP) is 1.91. The number of ether oxygens (including phenoxy) is 2. The van der Waals surface area contributed by atoms with Crippen LogP contribution in [0.2, 0.25) is 0 Å². The third kappa shape index (κ3) is 1.95. The lowest BCUT2D eigenvalue weighted by Gasteiger charge is -2.11. The Morgan fingerprint density at radius 2 is 1.94 bits per heavy atom. The van der Waals surface area contributed by atoms with Gasteiger partial charge in [0.15, 0.2) is 0 Å². The van der Waals surface area contributed by atoms with E-state index in [1.165, 1.54) is 0 Å². The van der Waals surface area contributed by atoms with Gasteiger partial charge in [0.2, 0.25) is 0 Å². The molecule has 2 atom stereocenters. The van der Waals surface area contributed by atoms with Crippen LogP contribution in [0.25, 0.3) is 0 Å². The predicted molar refractivity (Wildman–Crippen MR) is 57.6 cm³/mol. The fourth-order valence-electron chi connectivity index (χ4n) is 2.29. The molecule has 1 heterocycles. The molecule has 1 saturated heterocycles. The number of fused-ring (bicyclic) bond motifs is 1. The Hall–Kier alpha value is -1.35. The third-order valence-electron chi connectivity index (χ3n) is 3.28. The van der Waals surface area contributed by atoms with Gasteiger partial charge in [-0.05, 0) is 18.4 Å². The second-order valence-corrected chi connectivity index (χ2v) is 4.47. The summed E-state index contributed by atoms with van der Waals surface area (Å²) in [5, 5.41) is 0. The van der Waals surface area contributed by atoms with Crippen molar-refractivity contribution >= 4 is 5.97 Å². The highest BCUT2D eigenvalue weighted by Crippen LogP contribution is 2.42. The van der Waals surface area contributed by atoms with Crippen LogP contribution in [0.4, 0.5) is 0 Å². The first kappa shape index (κ1) is 9.85. The molecular weight excluding hydrogens is 204 g/mol. The van der Waals surface area contributed by atoms with Crippen molar-refractivity contribution < 1.29 is 14.3 Å². The summed E-state index contributed by atoms with van der Waals surface area (Å²) in [5.41, 5.74) is 1.04. The molecule has 0 aromatic heterocycles. The molecule has 3 nitrogen and oxygen atoms in total. The lowest BCUT2D eigenvalue weighted by Crippen LogP contribution is -2.17. The second-order valence-electron chi connectivity index (χ2n) is 4.47. The summed E-state index contributed by atoms with van der Waals surface area (Å²) in [6.45, 7) is 0.381. The first-order valence-corrected chi connectivity index (χ1v) is 5.69. The molecule has 3 heteroatoms. The molecule has 0 bridgehead atoms. The topological polar surface area (TPSA) is 38.8 Å². The summed E-state index contributed by atoms with van der Waals surface area (Å²) in [7, 11) is 0. The van der Waals surface area contributed by atoms with Crippen LogP contribution >= 0.6 is 0 Å². The molecule has 84 valence electrons. The minimum atomic E-state index is -0.0698. The molecule has 1 aliphatic carbocycles. The molecule has 1 aromatic carbocycles. The standard InChI is InChI=1S/C13H14O3/c14-13(10-6-11-12(7-10)16-11)15-8-9-4-2-1-3-5-9/h1-5,10-12H,6-8H2. The van der Waals surface area contributed by atoms with Gasteiger partial charge < -0.3 is 9.47 Å². The average molecular weight is 218 g/mol. The van der Waals surface area contributed by atoms with Crippen molar-refractivity contribution in [1.29, 1.82) is 0 Å². The minimum absolute atomic E-state index is 0.0625. The molecule has 2 fully saturated rings. The Kier molecular flexibility index (Phi) is 2.40. The highest BCUT2D eigenvalue weighted by atomic mass is 16.6. The number of hydrogen-bond acceptors (Lipinski definition) is 3. The van der Waals surface area contributed by atoms with Crippen molar-refractivity contribution in [2.75, 3.05) is 0 Å². The Balaban J connectivity index is 1.50. The van der Waals surface area contributed by atoms with E-state index in [1.807, 2.05) is 30.3 Å². The third-order valence-corrected chi connectivity index (χ3v) is 3.28. The first-order chi connectivity index (χ1) is 7.83. The van der Waals surface area contributed by atoms with Crippen molar-refractivity contribution in [2.24, 2.45) is 5.92 Å². The van der Waals surface area contributed by atoms with Gasteiger partial charge in [-0.3, -0.25) is 4.79 Å². The van der Waals surface area contributed by atoms with Crippen molar-refractivity contribution in [2.45, 2.75) is 31.7 Å². The largest absolute Gasteiger partial charge is 0.461 e. The Bertz CT molecular complexity index is 377. The number of epoxide rings is 1. The van der Waals surface area contributed by atoms with Crippen LogP contribution in [-0.2, 0) is 20.9 Å². The summed E-state index contributed by atoms with van der Waals surface area (Å²) in [5.74, 6) is -0.00730. The molecule has 1 aliphatic heterocycles. The highest BCUT2D eigenvalue weighted by Gasteiger charge is 2.50. The normalized spacial score (nSPS) is 30.9. The molecule has 0 radical (unpaired) electrons. The van der Waals surface area contributed by atoms with E-state index in [0.717, 1.165) is 18.4 Å². The maximum absolute atomic E-state index is 11.7.